The molecule has 0 bridgehead atoms. The Morgan fingerprint density at radius 2 is 2.10 bits per heavy atom. The molecule has 0 saturated carbocycles. The molecule has 1 aromatic rings. The summed E-state index contributed by atoms with van der Waals surface area (Å²) in [6.45, 7) is 5.81. The highest BCUT2D eigenvalue weighted by molar-refractivity contribution is 5.98. The van der Waals surface area contributed by atoms with Crippen LogP contribution in [-0.4, -0.2) is 41.6 Å². The van der Waals surface area contributed by atoms with E-state index in [0.29, 0.717) is 24.3 Å². The molecule has 5 heteroatoms. The number of carbonyl (C=O) groups excluding carboxylic acids is 1. The van der Waals surface area contributed by atoms with E-state index in [2.05, 4.69) is 6.58 Å². The summed E-state index contributed by atoms with van der Waals surface area (Å²) in [7, 11) is 0. The summed E-state index contributed by atoms with van der Waals surface area (Å²) >= 11 is 0. The fourth-order valence-corrected chi connectivity index (χ4v) is 1.77. The van der Waals surface area contributed by atoms with Crippen LogP contribution in [0.1, 0.15) is 23.7 Å². The lowest BCUT2D eigenvalue weighted by Crippen LogP contribution is -2.36. The minimum Gasteiger partial charge on any atom is -0.489 e. The molecule has 0 aliphatic carbocycles. The fraction of sp³-hybridized carbons (Fsp3) is 0.333. The zero-order valence-electron chi connectivity index (χ0n) is 11.5. The Labute approximate surface area is 118 Å². The largest absolute Gasteiger partial charge is 0.489 e. The maximum atomic E-state index is 12.4. The zero-order chi connectivity index (χ0) is 15.0. The number of ether oxygens (including phenoxy) is 1. The maximum absolute atomic E-state index is 12.4. The van der Waals surface area contributed by atoms with Gasteiger partial charge in [0.15, 0.2) is 0 Å². The number of benzene rings is 1. The Hall–Kier alpha value is -2.30. The van der Waals surface area contributed by atoms with Gasteiger partial charge in [0, 0.05) is 6.54 Å². The van der Waals surface area contributed by atoms with Crippen LogP contribution in [-0.2, 0) is 4.79 Å². The second-order valence-electron chi connectivity index (χ2n) is 4.22. The number of carboxylic acids is 1. The van der Waals surface area contributed by atoms with E-state index in [1.807, 2.05) is 6.92 Å². The first kappa shape index (κ1) is 15.8. The van der Waals surface area contributed by atoms with Crippen LogP contribution < -0.4 is 4.74 Å². The summed E-state index contributed by atoms with van der Waals surface area (Å²) < 4.78 is 5.43. The highest BCUT2D eigenvalue weighted by atomic mass is 16.5. The Morgan fingerprint density at radius 1 is 1.40 bits per heavy atom. The predicted octanol–water partition coefficient (Wildman–Crippen LogP) is 2.19. The first-order valence-electron chi connectivity index (χ1n) is 6.44. The number of carbonyl (C=O) groups is 2. The Balaban J connectivity index is 2.98. The van der Waals surface area contributed by atoms with Gasteiger partial charge in [-0.1, -0.05) is 31.7 Å². The third-order valence-corrected chi connectivity index (χ3v) is 2.58. The minimum absolute atomic E-state index is 0.289. The molecule has 1 rings (SSSR count). The molecule has 0 fully saturated rings. The summed E-state index contributed by atoms with van der Waals surface area (Å²) in [5, 5.41) is 8.88. The average molecular weight is 277 g/mol. The summed E-state index contributed by atoms with van der Waals surface area (Å²) in [6.07, 6.45) is 2.27. The van der Waals surface area contributed by atoms with Gasteiger partial charge in [0.25, 0.3) is 5.91 Å². The van der Waals surface area contributed by atoms with E-state index in [0.717, 1.165) is 0 Å². The van der Waals surface area contributed by atoms with E-state index in [1.165, 1.54) is 4.90 Å². The van der Waals surface area contributed by atoms with Gasteiger partial charge in [-0.2, -0.15) is 0 Å². The molecule has 0 aromatic heterocycles. The average Bonchev–Trinajstić information content (AvgIpc) is 2.44. The van der Waals surface area contributed by atoms with E-state index >= 15 is 0 Å². The SMILES string of the molecule is C=CCOc1ccccc1C(=O)N(CCC)CC(=O)O. The molecule has 20 heavy (non-hydrogen) atoms. The van der Waals surface area contributed by atoms with Crippen LogP contribution in [0.3, 0.4) is 0 Å². The molecule has 1 N–H and O–H groups in total. The molecule has 0 spiro atoms. The number of rotatable bonds is 8. The van der Waals surface area contributed by atoms with Crippen molar-refractivity contribution in [3.63, 3.8) is 0 Å². The van der Waals surface area contributed by atoms with Crippen LogP contribution in [0.2, 0.25) is 0 Å². The molecule has 0 saturated heterocycles. The number of hydrogen-bond acceptors (Lipinski definition) is 3. The monoisotopic (exact) mass is 277 g/mol. The van der Waals surface area contributed by atoms with E-state index in [1.54, 1.807) is 30.3 Å². The molecule has 0 unspecified atom stereocenters. The summed E-state index contributed by atoms with van der Waals surface area (Å²) in [6, 6.07) is 6.79. The van der Waals surface area contributed by atoms with Crippen molar-refractivity contribution in [2.24, 2.45) is 0 Å². The van der Waals surface area contributed by atoms with Gasteiger partial charge >= 0.3 is 5.97 Å². The Morgan fingerprint density at radius 3 is 2.70 bits per heavy atom. The molecule has 0 aliphatic heterocycles. The van der Waals surface area contributed by atoms with Crippen molar-refractivity contribution in [3.8, 4) is 5.75 Å². The van der Waals surface area contributed by atoms with Gasteiger partial charge < -0.3 is 14.7 Å². The molecular formula is C15H19NO4. The van der Waals surface area contributed by atoms with E-state index in [9.17, 15) is 9.59 Å². The molecule has 0 atom stereocenters. The summed E-state index contributed by atoms with van der Waals surface area (Å²) in [5.41, 5.74) is 0.365. The van der Waals surface area contributed by atoms with Crippen LogP contribution in [0.15, 0.2) is 36.9 Å². The van der Waals surface area contributed by atoms with Gasteiger partial charge in [-0.15, -0.1) is 0 Å². The van der Waals surface area contributed by atoms with Crippen molar-refractivity contribution in [2.45, 2.75) is 13.3 Å². The standard InChI is InChI=1S/C15H19NO4/c1-3-9-16(11-14(17)18)15(19)12-7-5-6-8-13(12)20-10-4-2/h4-8H,2-3,9-11H2,1H3,(H,17,18). The predicted molar refractivity (Wildman–Crippen MR) is 76.0 cm³/mol. The van der Waals surface area contributed by atoms with Gasteiger partial charge in [0.1, 0.15) is 18.9 Å². The third-order valence-electron chi connectivity index (χ3n) is 2.58. The summed E-state index contributed by atoms with van der Waals surface area (Å²) in [5.74, 6) is -0.936. The molecule has 0 radical (unpaired) electrons. The zero-order valence-corrected chi connectivity index (χ0v) is 11.5. The van der Waals surface area contributed by atoms with Crippen LogP contribution in [0.5, 0.6) is 5.75 Å². The molecule has 0 heterocycles. The molecular weight excluding hydrogens is 258 g/mol. The highest BCUT2D eigenvalue weighted by Gasteiger charge is 2.20. The van der Waals surface area contributed by atoms with Gasteiger partial charge in [-0.3, -0.25) is 9.59 Å². The van der Waals surface area contributed by atoms with E-state index in [4.69, 9.17) is 9.84 Å². The molecule has 0 aliphatic rings. The van der Waals surface area contributed by atoms with Crippen molar-refractivity contribution in [1.82, 2.24) is 4.90 Å². The van der Waals surface area contributed by atoms with Gasteiger partial charge in [0.05, 0.1) is 5.56 Å². The Bertz CT molecular complexity index is 485. The van der Waals surface area contributed by atoms with Gasteiger partial charge in [-0.05, 0) is 18.6 Å². The first-order valence-corrected chi connectivity index (χ1v) is 6.44. The number of para-hydroxylation sites is 1. The number of nitrogens with zero attached hydrogens (tertiary/aromatic N) is 1. The lowest BCUT2D eigenvalue weighted by atomic mass is 10.1. The Kier molecular flexibility index (Phi) is 6.29. The normalized spacial score (nSPS) is 9.85. The van der Waals surface area contributed by atoms with E-state index in [-0.39, 0.29) is 19.1 Å². The quantitative estimate of drug-likeness (QED) is 0.740. The van der Waals surface area contributed by atoms with Crippen molar-refractivity contribution in [1.29, 1.82) is 0 Å². The maximum Gasteiger partial charge on any atom is 0.323 e. The van der Waals surface area contributed by atoms with Crippen LogP contribution in [0.4, 0.5) is 0 Å². The lowest BCUT2D eigenvalue weighted by Gasteiger charge is -2.21. The van der Waals surface area contributed by atoms with E-state index < -0.39 is 5.97 Å². The van der Waals surface area contributed by atoms with Gasteiger partial charge in [-0.25, -0.2) is 0 Å². The lowest BCUT2D eigenvalue weighted by molar-refractivity contribution is -0.137. The number of aliphatic carboxylic acids is 1. The second-order valence-corrected chi connectivity index (χ2v) is 4.22. The smallest absolute Gasteiger partial charge is 0.323 e. The summed E-state index contributed by atoms with van der Waals surface area (Å²) in [4.78, 5) is 24.6. The topological polar surface area (TPSA) is 66.8 Å². The van der Waals surface area contributed by atoms with Crippen LogP contribution in [0.25, 0.3) is 0 Å². The first-order chi connectivity index (χ1) is 9.60. The number of carboxylic acid groups (broad SMARTS) is 1. The molecule has 1 aromatic carbocycles. The third kappa shape index (κ3) is 4.42. The van der Waals surface area contributed by atoms with Crippen molar-refractivity contribution in [3.05, 3.63) is 42.5 Å². The molecule has 5 nitrogen and oxygen atoms in total. The second kappa shape index (κ2) is 7.99. The molecule has 108 valence electrons. The molecule has 1 amide bonds. The minimum atomic E-state index is -1.03. The van der Waals surface area contributed by atoms with Crippen molar-refractivity contribution >= 4 is 11.9 Å². The van der Waals surface area contributed by atoms with Crippen LogP contribution >= 0.6 is 0 Å². The fourth-order valence-electron chi connectivity index (χ4n) is 1.77. The van der Waals surface area contributed by atoms with Gasteiger partial charge in [0.2, 0.25) is 0 Å². The van der Waals surface area contributed by atoms with Crippen molar-refractivity contribution < 1.29 is 19.4 Å². The number of amides is 1. The van der Waals surface area contributed by atoms with Crippen LogP contribution in [0, 0.1) is 0 Å². The highest BCUT2D eigenvalue weighted by Crippen LogP contribution is 2.20. The van der Waals surface area contributed by atoms with Crippen molar-refractivity contribution in [2.75, 3.05) is 19.7 Å². The number of hydrogen-bond donors (Lipinski definition) is 1.